The van der Waals surface area contributed by atoms with Gasteiger partial charge in [-0.1, -0.05) is 85.5 Å². The van der Waals surface area contributed by atoms with E-state index in [1.54, 1.807) is 0 Å². The van der Waals surface area contributed by atoms with Crippen molar-refractivity contribution < 1.29 is 8.78 Å². The van der Waals surface area contributed by atoms with Crippen LogP contribution in [0.3, 0.4) is 0 Å². The summed E-state index contributed by atoms with van der Waals surface area (Å²) in [5.74, 6) is -1.04. The lowest BCUT2D eigenvalue weighted by molar-refractivity contribution is 0.485. The van der Waals surface area contributed by atoms with E-state index in [1.165, 1.54) is 40.3 Å². The first-order valence-corrected chi connectivity index (χ1v) is 14.7. The number of halogens is 2. The van der Waals surface area contributed by atoms with E-state index in [2.05, 4.69) is 60.4 Å². The molecule has 202 valence electrons. The summed E-state index contributed by atoms with van der Waals surface area (Å²) < 4.78 is 29.3. The highest BCUT2D eigenvalue weighted by molar-refractivity contribution is 8.15. The summed E-state index contributed by atoms with van der Waals surface area (Å²) in [4.78, 5) is -0.786. The molecule has 3 aromatic carbocycles. The van der Waals surface area contributed by atoms with Gasteiger partial charge in [0.2, 0.25) is 5.13 Å². The number of nitrogens with zero attached hydrogens (tertiary/aromatic N) is 4. The molecule has 0 saturated heterocycles. The van der Waals surface area contributed by atoms with Crippen LogP contribution in [-0.2, 0) is 17.7 Å². The Balaban J connectivity index is 1.61. The minimum Gasteiger partial charge on any atom is -0.324 e. The molecular weight excluding hydrogens is 532 g/mol. The Morgan fingerprint density at radius 2 is 1.69 bits per heavy atom. The van der Waals surface area contributed by atoms with Gasteiger partial charge in [-0.15, -0.1) is 10.2 Å². The zero-order valence-corrected chi connectivity index (χ0v) is 23.8. The molecular formula is C30H31F2N5S2. The topological polar surface area (TPSA) is 67.4 Å². The van der Waals surface area contributed by atoms with Crippen molar-refractivity contribution in [1.29, 1.82) is 0 Å². The van der Waals surface area contributed by atoms with Crippen molar-refractivity contribution in [2.75, 3.05) is 5.01 Å². The molecule has 5 nitrogen and oxygen atoms in total. The SMILES string of the molecule is CCc1cccc(C(N)CCC2(c3cccc(CC)c3)SC(c3cc(F)ccc3F)=NN2c2nnc(C)s2)c1. The second-order valence-corrected chi connectivity index (χ2v) is 12.1. The maximum absolute atomic E-state index is 15.0. The standard InChI is InChI=1S/C30H31F2N5S2/c1-4-20-8-6-10-22(16-20)27(33)14-15-30(23-11-7-9-21(5-2)17-23)37(29-35-34-19(3)38-29)36-28(39-30)25-18-24(31)12-13-26(25)32/h6-13,16-18,27H,4-5,14-15,33H2,1-3H3. The molecule has 39 heavy (non-hydrogen) atoms. The van der Waals surface area contributed by atoms with Gasteiger partial charge in [-0.25, -0.2) is 13.8 Å². The zero-order valence-electron chi connectivity index (χ0n) is 22.2. The Hall–Kier alpha value is -3.14. The van der Waals surface area contributed by atoms with Crippen LogP contribution in [0.15, 0.2) is 71.8 Å². The predicted molar refractivity (Wildman–Crippen MR) is 157 cm³/mol. The lowest BCUT2D eigenvalue weighted by Gasteiger charge is -2.36. The van der Waals surface area contributed by atoms with E-state index in [0.29, 0.717) is 23.0 Å². The molecule has 0 spiro atoms. The van der Waals surface area contributed by atoms with Gasteiger partial charge in [-0.2, -0.15) is 5.10 Å². The minimum absolute atomic E-state index is 0.125. The van der Waals surface area contributed by atoms with Gasteiger partial charge in [-0.3, -0.25) is 0 Å². The van der Waals surface area contributed by atoms with Crippen molar-refractivity contribution in [3.05, 3.63) is 111 Å². The van der Waals surface area contributed by atoms with Crippen LogP contribution in [0.5, 0.6) is 0 Å². The van der Waals surface area contributed by atoms with Crippen LogP contribution < -0.4 is 10.7 Å². The first kappa shape index (κ1) is 27.4. The van der Waals surface area contributed by atoms with E-state index in [0.717, 1.165) is 41.1 Å². The molecule has 4 aromatic rings. The fourth-order valence-corrected chi connectivity index (χ4v) is 6.97. The van der Waals surface area contributed by atoms with Crippen LogP contribution in [0.4, 0.5) is 13.9 Å². The van der Waals surface area contributed by atoms with Gasteiger partial charge in [0.1, 0.15) is 26.6 Å². The molecule has 9 heteroatoms. The van der Waals surface area contributed by atoms with Gasteiger partial charge < -0.3 is 5.73 Å². The summed E-state index contributed by atoms with van der Waals surface area (Å²) in [7, 11) is 0. The number of aryl methyl sites for hydroxylation is 3. The lowest BCUT2D eigenvalue weighted by Crippen LogP contribution is -2.38. The van der Waals surface area contributed by atoms with Crippen molar-refractivity contribution in [1.82, 2.24) is 10.2 Å². The van der Waals surface area contributed by atoms with E-state index < -0.39 is 16.5 Å². The van der Waals surface area contributed by atoms with E-state index in [-0.39, 0.29) is 11.6 Å². The molecule has 0 bridgehead atoms. The number of hydrogen-bond donors (Lipinski definition) is 1. The number of nitrogens with two attached hydrogens (primary N) is 1. The number of anilines is 1. The molecule has 2 heterocycles. The summed E-state index contributed by atoms with van der Waals surface area (Å²) in [5, 5.41) is 17.1. The Labute approximate surface area is 236 Å². The normalized spacial score (nSPS) is 17.9. The van der Waals surface area contributed by atoms with E-state index in [4.69, 9.17) is 10.8 Å². The van der Waals surface area contributed by atoms with Crippen molar-refractivity contribution >= 4 is 33.3 Å². The number of rotatable bonds is 9. The summed E-state index contributed by atoms with van der Waals surface area (Å²) in [6.45, 7) is 6.12. The van der Waals surface area contributed by atoms with Crippen molar-refractivity contribution in [2.45, 2.75) is 57.4 Å². The highest BCUT2D eigenvalue weighted by Crippen LogP contribution is 2.53. The molecule has 2 atom stereocenters. The lowest BCUT2D eigenvalue weighted by atomic mass is 9.93. The summed E-state index contributed by atoms with van der Waals surface area (Å²) in [6, 6.07) is 20.0. The van der Waals surface area contributed by atoms with Crippen LogP contribution in [0.1, 0.15) is 65.6 Å². The summed E-state index contributed by atoms with van der Waals surface area (Å²) >= 11 is 2.83. The maximum atomic E-state index is 15.0. The number of thioether (sulfide) groups is 1. The summed E-state index contributed by atoms with van der Waals surface area (Å²) in [5.41, 5.74) is 11.4. The fourth-order valence-electron chi connectivity index (χ4n) is 4.81. The monoisotopic (exact) mass is 563 g/mol. The molecule has 1 aromatic heterocycles. The highest BCUT2D eigenvalue weighted by atomic mass is 32.2. The van der Waals surface area contributed by atoms with Gasteiger partial charge in [-0.05, 0) is 73.1 Å². The zero-order chi connectivity index (χ0) is 27.6. The van der Waals surface area contributed by atoms with Gasteiger partial charge in [0.05, 0.1) is 0 Å². The van der Waals surface area contributed by atoms with Gasteiger partial charge in [0.25, 0.3) is 0 Å². The van der Waals surface area contributed by atoms with Crippen molar-refractivity contribution in [3.63, 3.8) is 0 Å². The first-order valence-electron chi connectivity index (χ1n) is 13.1. The van der Waals surface area contributed by atoms with Gasteiger partial charge in [0.15, 0.2) is 0 Å². The molecule has 0 amide bonds. The number of benzene rings is 3. The van der Waals surface area contributed by atoms with E-state index in [1.807, 2.05) is 24.1 Å². The Kier molecular flexibility index (Phi) is 8.11. The Morgan fingerprint density at radius 3 is 2.41 bits per heavy atom. The Bertz CT molecular complexity index is 1500. The van der Waals surface area contributed by atoms with E-state index >= 15 is 4.39 Å². The Morgan fingerprint density at radius 1 is 0.949 bits per heavy atom. The average molecular weight is 564 g/mol. The largest absolute Gasteiger partial charge is 0.324 e. The van der Waals surface area contributed by atoms with Gasteiger partial charge >= 0.3 is 0 Å². The third kappa shape index (κ3) is 5.62. The molecule has 2 N–H and O–H groups in total. The fraction of sp³-hybridized carbons (Fsp3) is 0.300. The summed E-state index contributed by atoms with van der Waals surface area (Å²) in [6.07, 6.45) is 3.02. The van der Waals surface area contributed by atoms with Crippen molar-refractivity contribution in [2.24, 2.45) is 10.8 Å². The maximum Gasteiger partial charge on any atom is 0.230 e. The van der Waals surface area contributed by atoms with E-state index in [9.17, 15) is 4.39 Å². The first-order chi connectivity index (χ1) is 18.8. The molecule has 0 fully saturated rings. The average Bonchev–Trinajstić information content (AvgIpc) is 3.57. The van der Waals surface area contributed by atoms with Crippen LogP contribution in [0.2, 0.25) is 0 Å². The van der Waals surface area contributed by atoms with Crippen LogP contribution in [0.25, 0.3) is 0 Å². The van der Waals surface area contributed by atoms with Crippen LogP contribution in [-0.4, -0.2) is 15.2 Å². The van der Waals surface area contributed by atoms with Crippen molar-refractivity contribution in [3.8, 4) is 0 Å². The van der Waals surface area contributed by atoms with Crippen LogP contribution in [0, 0.1) is 18.6 Å². The second-order valence-electron chi connectivity index (χ2n) is 9.63. The smallest absolute Gasteiger partial charge is 0.230 e. The molecule has 0 radical (unpaired) electrons. The second kappa shape index (κ2) is 11.5. The quantitative estimate of drug-likeness (QED) is 0.228. The van der Waals surface area contributed by atoms with Crippen LogP contribution >= 0.6 is 23.1 Å². The number of hydrogen-bond acceptors (Lipinski definition) is 7. The molecule has 2 unspecified atom stereocenters. The number of hydrazone groups is 1. The third-order valence-corrected chi connectivity index (χ3v) is 9.28. The molecule has 1 aliphatic rings. The molecule has 0 saturated carbocycles. The number of aromatic nitrogens is 2. The van der Waals surface area contributed by atoms with Gasteiger partial charge in [0, 0.05) is 11.6 Å². The highest BCUT2D eigenvalue weighted by Gasteiger charge is 2.48. The molecule has 0 aliphatic carbocycles. The predicted octanol–water partition coefficient (Wildman–Crippen LogP) is 7.50. The third-order valence-electron chi connectivity index (χ3n) is 7.02. The minimum atomic E-state index is -0.786. The molecule has 1 aliphatic heterocycles. The molecule has 5 rings (SSSR count).